The van der Waals surface area contributed by atoms with Crippen LogP contribution in [0.2, 0.25) is 0 Å². The summed E-state index contributed by atoms with van der Waals surface area (Å²) in [5.74, 6) is 0. The van der Waals surface area contributed by atoms with E-state index >= 15 is 0 Å². The number of hydrogen-bond donors (Lipinski definition) is 5. The van der Waals surface area contributed by atoms with Gasteiger partial charge in [-0.25, -0.2) is 0 Å². The lowest BCUT2D eigenvalue weighted by atomic mass is 10.3. The molecule has 0 radical (unpaired) electrons. The average molecular weight is 365 g/mol. The highest BCUT2D eigenvalue weighted by Crippen LogP contribution is 2.14. The van der Waals surface area contributed by atoms with Crippen molar-refractivity contribution in [1.29, 1.82) is 0 Å². The van der Waals surface area contributed by atoms with Gasteiger partial charge in [0.1, 0.15) is 0 Å². The van der Waals surface area contributed by atoms with Gasteiger partial charge in [-0.15, -0.1) is 0 Å². The molecule has 11 heteroatoms. The molecule has 23 heavy (non-hydrogen) atoms. The molecule has 2 aromatic rings. The van der Waals surface area contributed by atoms with E-state index in [1.165, 1.54) is 0 Å². The van der Waals surface area contributed by atoms with E-state index in [0.29, 0.717) is 0 Å². The molecule has 0 unspecified atom stereocenters. The Hall–Kier alpha value is -2.02. The number of anilines is 2. The van der Waals surface area contributed by atoms with Gasteiger partial charge in [-0.3, -0.25) is 18.2 Å². The quantitative estimate of drug-likeness (QED) is 0.502. The van der Waals surface area contributed by atoms with Crippen LogP contribution in [0.25, 0.3) is 0 Å². The van der Waals surface area contributed by atoms with Crippen LogP contribution in [0.15, 0.2) is 60.7 Å². The average Bonchev–Trinajstić information content (AvgIpc) is 2.37. The predicted octanol–water partition coefficient (Wildman–Crippen LogP) is 2.12. The maximum Gasteiger partial charge on any atom is 0.394 e. The van der Waals surface area contributed by atoms with Gasteiger partial charge < -0.3 is 5.32 Å². The van der Waals surface area contributed by atoms with Gasteiger partial charge in [0, 0.05) is 11.4 Å². The molecule has 5 N–H and O–H groups in total. The van der Waals surface area contributed by atoms with E-state index in [-0.39, 0.29) is 0 Å². The maximum atomic E-state index is 8.74. The molecule has 0 fully saturated rings. The molecule has 0 aliphatic carbocycles. The molecule has 128 valence electrons. The summed E-state index contributed by atoms with van der Waals surface area (Å²) in [5, 5.41) is 3.30. The topological polar surface area (TPSA) is 161 Å². The highest BCUT2D eigenvalue weighted by atomic mass is 32.3. The first-order chi connectivity index (χ1) is 10.4. The van der Waals surface area contributed by atoms with E-state index in [4.69, 9.17) is 35.0 Å². The van der Waals surface area contributed by atoms with Crippen LogP contribution in [0.5, 0.6) is 0 Å². The van der Waals surface area contributed by atoms with E-state index in [9.17, 15) is 0 Å². The first-order valence-electron chi connectivity index (χ1n) is 5.72. The maximum absolute atomic E-state index is 8.74. The van der Waals surface area contributed by atoms with E-state index < -0.39 is 20.8 Å². The number of para-hydroxylation sites is 2. The second-order valence-electron chi connectivity index (χ2n) is 3.75. The summed E-state index contributed by atoms with van der Waals surface area (Å²) in [6.07, 6.45) is 0. The van der Waals surface area contributed by atoms with Gasteiger partial charge in [-0.2, -0.15) is 16.8 Å². The van der Waals surface area contributed by atoms with Gasteiger partial charge in [0.2, 0.25) is 0 Å². The largest absolute Gasteiger partial charge is 0.394 e. The third kappa shape index (κ3) is 20.0. The Balaban J connectivity index is 0.000000406. The van der Waals surface area contributed by atoms with Crippen LogP contribution < -0.4 is 5.32 Å². The first-order valence-corrected chi connectivity index (χ1v) is 8.51. The molecule has 0 aliphatic heterocycles. The Morgan fingerprint density at radius 1 is 0.565 bits per heavy atom. The van der Waals surface area contributed by atoms with E-state index in [2.05, 4.69) is 5.32 Å². The predicted molar refractivity (Wildman–Crippen MR) is 84.5 cm³/mol. The van der Waals surface area contributed by atoms with Crippen LogP contribution in [0.4, 0.5) is 11.4 Å². The van der Waals surface area contributed by atoms with Gasteiger partial charge >= 0.3 is 20.8 Å². The van der Waals surface area contributed by atoms with Crippen LogP contribution >= 0.6 is 0 Å². The SMILES string of the molecule is O=S(=O)(O)O.O=S(=O)(O)O.c1ccc(Nc2ccccc2)cc1. The molecule has 0 saturated heterocycles. The second-order valence-corrected chi connectivity index (χ2v) is 5.54. The van der Waals surface area contributed by atoms with Crippen molar-refractivity contribution in [2.75, 3.05) is 5.32 Å². The van der Waals surface area contributed by atoms with Gasteiger partial charge in [0.15, 0.2) is 0 Å². The van der Waals surface area contributed by atoms with Crippen molar-refractivity contribution in [1.82, 2.24) is 0 Å². The number of rotatable bonds is 2. The van der Waals surface area contributed by atoms with Crippen molar-refractivity contribution in [2.45, 2.75) is 0 Å². The lowest BCUT2D eigenvalue weighted by Crippen LogP contribution is -1.89. The normalized spacial score (nSPS) is 10.4. The van der Waals surface area contributed by atoms with Crippen LogP contribution in [0, 0.1) is 0 Å². The lowest BCUT2D eigenvalue weighted by Gasteiger charge is -2.04. The molecular formula is C12H15NO8S2. The van der Waals surface area contributed by atoms with Crippen LogP contribution in [-0.4, -0.2) is 35.0 Å². The molecule has 0 bridgehead atoms. The van der Waals surface area contributed by atoms with Crippen molar-refractivity contribution in [2.24, 2.45) is 0 Å². The molecule has 2 rings (SSSR count). The lowest BCUT2D eigenvalue weighted by molar-refractivity contribution is 0.378. The molecular weight excluding hydrogens is 350 g/mol. The van der Waals surface area contributed by atoms with Gasteiger partial charge in [-0.1, -0.05) is 36.4 Å². The van der Waals surface area contributed by atoms with Crippen molar-refractivity contribution in [3.8, 4) is 0 Å². The number of benzene rings is 2. The zero-order valence-corrected chi connectivity index (χ0v) is 13.1. The molecule has 2 aromatic carbocycles. The zero-order chi connectivity index (χ0) is 17.9. The molecule has 0 atom stereocenters. The van der Waals surface area contributed by atoms with Crippen LogP contribution in [0.3, 0.4) is 0 Å². The van der Waals surface area contributed by atoms with Crippen molar-refractivity contribution in [3.05, 3.63) is 60.7 Å². The van der Waals surface area contributed by atoms with Gasteiger partial charge in [0.05, 0.1) is 0 Å². The molecule has 0 aliphatic rings. The minimum atomic E-state index is -4.67. The zero-order valence-electron chi connectivity index (χ0n) is 11.5. The van der Waals surface area contributed by atoms with E-state index in [1.807, 2.05) is 60.7 Å². The highest BCUT2D eigenvalue weighted by molar-refractivity contribution is 7.80. The molecule has 0 heterocycles. The highest BCUT2D eigenvalue weighted by Gasteiger charge is 1.90. The van der Waals surface area contributed by atoms with Crippen molar-refractivity contribution in [3.63, 3.8) is 0 Å². The molecule has 0 spiro atoms. The summed E-state index contributed by atoms with van der Waals surface area (Å²) in [5.41, 5.74) is 2.24. The van der Waals surface area contributed by atoms with Gasteiger partial charge in [0.25, 0.3) is 0 Å². The Kier molecular flexibility index (Phi) is 9.02. The number of nitrogens with one attached hydrogen (secondary N) is 1. The Morgan fingerprint density at radius 2 is 0.783 bits per heavy atom. The standard InChI is InChI=1S/C12H11N.2H2O4S/c1-3-7-11(8-4-1)13-12-9-5-2-6-10-12;2*1-5(2,3)4/h1-10,13H;2*(H2,1,2,3,4). The van der Waals surface area contributed by atoms with Crippen molar-refractivity contribution < 1.29 is 35.0 Å². The monoisotopic (exact) mass is 365 g/mol. The molecule has 0 aromatic heterocycles. The van der Waals surface area contributed by atoms with E-state index in [0.717, 1.165) is 11.4 Å². The number of hydrogen-bond acceptors (Lipinski definition) is 5. The molecule has 9 nitrogen and oxygen atoms in total. The third-order valence-electron chi connectivity index (χ3n) is 1.84. The summed E-state index contributed by atoms with van der Waals surface area (Å²) < 4.78 is 63.2. The Bertz CT molecular complexity index is 678. The Labute approximate surface area is 133 Å². The second kappa shape index (κ2) is 9.89. The fraction of sp³-hybridized carbons (Fsp3) is 0. The van der Waals surface area contributed by atoms with E-state index in [1.54, 1.807) is 0 Å². The summed E-state index contributed by atoms with van der Waals surface area (Å²) in [4.78, 5) is 0. The minimum Gasteiger partial charge on any atom is -0.356 e. The first kappa shape index (κ1) is 21.0. The smallest absolute Gasteiger partial charge is 0.356 e. The summed E-state index contributed by atoms with van der Waals surface area (Å²) >= 11 is 0. The van der Waals surface area contributed by atoms with Crippen molar-refractivity contribution >= 4 is 32.2 Å². The fourth-order valence-corrected chi connectivity index (χ4v) is 1.21. The molecule has 0 saturated carbocycles. The Morgan fingerprint density at radius 3 is 1.00 bits per heavy atom. The summed E-state index contributed by atoms with van der Waals surface area (Å²) in [7, 11) is -9.33. The van der Waals surface area contributed by atoms with Crippen LogP contribution in [0.1, 0.15) is 0 Å². The summed E-state index contributed by atoms with van der Waals surface area (Å²) in [6, 6.07) is 20.3. The van der Waals surface area contributed by atoms with Crippen LogP contribution in [-0.2, 0) is 20.8 Å². The third-order valence-corrected chi connectivity index (χ3v) is 1.84. The summed E-state index contributed by atoms with van der Waals surface area (Å²) in [6.45, 7) is 0. The molecule has 0 amide bonds. The van der Waals surface area contributed by atoms with Gasteiger partial charge in [-0.05, 0) is 24.3 Å². The minimum absolute atomic E-state index is 1.12. The fourth-order valence-electron chi connectivity index (χ4n) is 1.21.